The highest BCUT2D eigenvalue weighted by atomic mass is 32.1. The molecule has 4 rings (SSSR count). The zero-order valence-electron chi connectivity index (χ0n) is 14.0. The first-order valence-electron chi connectivity index (χ1n) is 7.80. The van der Waals surface area contributed by atoms with Crippen LogP contribution in [0.1, 0.15) is 36.1 Å². The van der Waals surface area contributed by atoms with Gasteiger partial charge in [0.25, 0.3) is 0 Å². The average molecular weight is 352 g/mol. The number of rotatable bonds is 3. The van der Waals surface area contributed by atoms with Crippen LogP contribution in [0.2, 0.25) is 0 Å². The Bertz CT molecular complexity index is 1110. The third kappa shape index (κ3) is 2.64. The van der Waals surface area contributed by atoms with Crippen LogP contribution in [0.25, 0.3) is 16.7 Å². The number of imidazole rings is 1. The highest BCUT2D eigenvalue weighted by molar-refractivity contribution is 7.16. The second-order valence-electron chi connectivity index (χ2n) is 6.71. The number of carbonyl (C=O) groups excluding carboxylic acids is 1. The highest BCUT2D eigenvalue weighted by Crippen LogP contribution is 2.36. The number of para-hydroxylation sites is 2. The monoisotopic (exact) mass is 352 g/mol. The SMILES string of the molecule is CC(C)(C)c1[nH]n2c(nc3ccccc32)c1N=Nc1ncc(C=O)s1. The Hall–Kier alpha value is -2.87. The van der Waals surface area contributed by atoms with E-state index < -0.39 is 0 Å². The molecule has 0 unspecified atom stereocenters. The molecular weight excluding hydrogens is 336 g/mol. The molecule has 126 valence electrons. The van der Waals surface area contributed by atoms with Crippen molar-refractivity contribution in [2.75, 3.05) is 0 Å². The highest BCUT2D eigenvalue weighted by Gasteiger charge is 2.25. The molecule has 4 aromatic rings. The van der Waals surface area contributed by atoms with Gasteiger partial charge in [-0.3, -0.25) is 9.89 Å². The van der Waals surface area contributed by atoms with Gasteiger partial charge < -0.3 is 0 Å². The van der Waals surface area contributed by atoms with Crippen LogP contribution in [0.15, 0.2) is 40.7 Å². The third-order valence-electron chi connectivity index (χ3n) is 3.85. The van der Waals surface area contributed by atoms with Crippen LogP contribution in [0.3, 0.4) is 0 Å². The first-order valence-corrected chi connectivity index (χ1v) is 8.61. The second kappa shape index (κ2) is 5.59. The molecule has 7 nitrogen and oxygen atoms in total. The maximum Gasteiger partial charge on any atom is 0.230 e. The van der Waals surface area contributed by atoms with E-state index in [0.29, 0.717) is 15.7 Å². The summed E-state index contributed by atoms with van der Waals surface area (Å²) < 4.78 is 1.93. The van der Waals surface area contributed by atoms with Gasteiger partial charge in [0.2, 0.25) is 5.13 Å². The van der Waals surface area contributed by atoms with Gasteiger partial charge in [0.15, 0.2) is 17.6 Å². The van der Waals surface area contributed by atoms with Crippen molar-refractivity contribution >= 4 is 45.1 Å². The average Bonchev–Trinajstić information content (AvgIpc) is 3.25. The normalized spacial score (nSPS) is 12.6. The van der Waals surface area contributed by atoms with Gasteiger partial charge in [-0.2, -0.15) is 0 Å². The van der Waals surface area contributed by atoms with Crippen molar-refractivity contribution in [1.29, 1.82) is 0 Å². The number of benzene rings is 1. The Kier molecular flexibility index (Phi) is 3.50. The summed E-state index contributed by atoms with van der Waals surface area (Å²) >= 11 is 1.20. The van der Waals surface area contributed by atoms with Gasteiger partial charge in [0, 0.05) is 5.41 Å². The molecular formula is C17H16N6OS. The molecule has 0 fully saturated rings. The number of hydrogen-bond acceptors (Lipinski definition) is 6. The Morgan fingerprint density at radius 1 is 1.24 bits per heavy atom. The molecule has 0 aliphatic carbocycles. The minimum Gasteiger partial charge on any atom is -0.297 e. The fourth-order valence-electron chi connectivity index (χ4n) is 2.66. The molecule has 1 aromatic carbocycles. The number of aromatic amines is 1. The Morgan fingerprint density at radius 3 is 2.76 bits per heavy atom. The van der Waals surface area contributed by atoms with E-state index >= 15 is 0 Å². The summed E-state index contributed by atoms with van der Waals surface area (Å²) in [6, 6.07) is 7.91. The number of aldehydes is 1. The number of azo groups is 1. The van der Waals surface area contributed by atoms with Crippen molar-refractivity contribution in [3.05, 3.63) is 41.0 Å². The van der Waals surface area contributed by atoms with E-state index in [1.54, 1.807) is 0 Å². The molecule has 0 saturated carbocycles. The van der Waals surface area contributed by atoms with Crippen LogP contribution < -0.4 is 0 Å². The summed E-state index contributed by atoms with van der Waals surface area (Å²) in [6.07, 6.45) is 2.25. The largest absolute Gasteiger partial charge is 0.297 e. The van der Waals surface area contributed by atoms with Gasteiger partial charge in [-0.05, 0) is 12.1 Å². The summed E-state index contributed by atoms with van der Waals surface area (Å²) in [5, 5.41) is 12.5. The number of nitrogens with zero attached hydrogens (tertiary/aromatic N) is 5. The van der Waals surface area contributed by atoms with Gasteiger partial charge >= 0.3 is 0 Å². The second-order valence-corrected chi connectivity index (χ2v) is 7.75. The Morgan fingerprint density at radius 2 is 2.04 bits per heavy atom. The van der Waals surface area contributed by atoms with Crippen molar-refractivity contribution in [1.82, 2.24) is 19.6 Å². The third-order valence-corrected chi connectivity index (χ3v) is 4.65. The van der Waals surface area contributed by atoms with Gasteiger partial charge in [0.05, 0.1) is 27.8 Å². The minimum absolute atomic E-state index is 0.160. The zero-order valence-corrected chi connectivity index (χ0v) is 14.8. The van der Waals surface area contributed by atoms with Crippen LogP contribution in [0.4, 0.5) is 10.8 Å². The lowest BCUT2D eigenvalue weighted by atomic mass is 9.91. The van der Waals surface area contributed by atoms with E-state index in [4.69, 9.17) is 0 Å². The van der Waals surface area contributed by atoms with E-state index in [2.05, 4.69) is 46.1 Å². The van der Waals surface area contributed by atoms with E-state index in [-0.39, 0.29) is 5.41 Å². The molecule has 0 amide bonds. The molecule has 0 saturated heterocycles. The molecule has 0 spiro atoms. The lowest BCUT2D eigenvalue weighted by Crippen LogP contribution is -2.12. The van der Waals surface area contributed by atoms with Gasteiger partial charge in [-0.25, -0.2) is 14.5 Å². The fourth-order valence-corrected chi connectivity index (χ4v) is 3.21. The quantitative estimate of drug-likeness (QED) is 0.424. The number of aromatic nitrogens is 4. The van der Waals surface area contributed by atoms with Crippen LogP contribution in [0, 0.1) is 0 Å². The maximum absolute atomic E-state index is 10.8. The lowest BCUT2D eigenvalue weighted by Gasteiger charge is -2.16. The summed E-state index contributed by atoms with van der Waals surface area (Å²) in [4.78, 5) is 20.1. The zero-order chi connectivity index (χ0) is 17.6. The molecule has 0 aliphatic rings. The molecule has 0 atom stereocenters. The predicted molar refractivity (Wildman–Crippen MR) is 97.4 cm³/mol. The number of H-pyrrole nitrogens is 1. The van der Waals surface area contributed by atoms with Crippen LogP contribution in [-0.2, 0) is 5.41 Å². The summed E-state index contributed by atoms with van der Waals surface area (Å²) in [5.41, 5.74) is 4.07. The summed E-state index contributed by atoms with van der Waals surface area (Å²) in [7, 11) is 0. The molecule has 3 heterocycles. The minimum atomic E-state index is -0.160. The molecule has 8 heteroatoms. The smallest absolute Gasteiger partial charge is 0.230 e. The number of fused-ring (bicyclic) bond motifs is 3. The maximum atomic E-state index is 10.8. The first-order chi connectivity index (χ1) is 12.0. The summed E-state index contributed by atoms with van der Waals surface area (Å²) in [6.45, 7) is 6.31. The standard InChI is InChI=1S/C17H16N6OS/c1-17(2,3)14-13(20-21-16-18-8-10(9-24)25-16)15-19-11-6-4-5-7-12(11)23(15)22-14/h4-9,22H,1-3H3. The molecule has 0 radical (unpaired) electrons. The van der Waals surface area contributed by atoms with Crippen molar-refractivity contribution < 1.29 is 4.79 Å². The van der Waals surface area contributed by atoms with Gasteiger partial charge in [-0.1, -0.05) is 44.2 Å². The van der Waals surface area contributed by atoms with Gasteiger partial charge in [0.1, 0.15) is 0 Å². The van der Waals surface area contributed by atoms with E-state index in [0.717, 1.165) is 28.7 Å². The molecule has 1 N–H and O–H groups in total. The number of nitrogens with one attached hydrogen (secondary N) is 1. The first kappa shape index (κ1) is 15.6. The van der Waals surface area contributed by atoms with Crippen LogP contribution in [0.5, 0.6) is 0 Å². The van der Waals surface area contributed by atoms with E-state index in [1.165, 1.54) is 17.5 Å². The molecule has 25 heavy (non-hydrogen) atoms. The van der Waals surface area contributed by atoms with Crippen molar-refractivity contribution in [2.24, 2.45) is 10.2 Å². The van der Waals surface area contributed by atoms with Gasteiger partial charge in [-0.15, -0.1) is 10.2 Å². The Labute approximate surface area is 147 Å². The number of carbonyl (C=O) groups is 1. The van der Waals surface area contributed by atoms with E-state index in [1.807, 2.05) is 28.8 Å². The molecule has 0 aliphatic heterocycles. The van der Waals surface area contributed by atoms with Crippen molar-refractivity contribution in [2.45, 2.75) is 26.2 Å². The van der Waals surface area contributed by atoms with Crippen LogP contribution >= 0.6 is 11.3 Å². The number of hydrogen-bond donors (Lipinski definition) is 1. The van der Waals surface area contributed by atoms with Crippen molar-refractivity contribution in [3.8, 4) is 0 Å². The molecule has 3 aromatic heterocycles. The molecule has 0 bridgehead atoms. The lowest BCUT2D eigenvalue weighted by molar-refractivity contribution is 0.112. The van der Waals surface area contributed by atoms with Crippen molar-refractivity contribution in [3.63, 3.8) is 0 Å². The Balaban J connectivity index is 1.91. The van der Waals surface area contributed by atoms with E-state index in [9.17, 15) is 4.79 Å². The number of thiazole rings is 1. The van der Waals surface area contributed by atoms with Crippen LogP contribution in [-0.4, -0.2) is 25.9 Å². The fraction of sp³-hybridized carbons (Fsp3) is 0.235. The summed E-state index contributed by atoms with van der Waals surface area (Å²) in [5.74, 6) is 0. The topological polar surface area (TPSA) is 87.8 Å². The predicted octanol–water partition coefficient (Wildman–Crippen LogP) is 4.80.